The number of carbonyl (C=O) groups excluding carboxylic acids is 1. The normalized spacial score (nSPS) is 44.3. The molecule has 0 spiro atoms. The Kier molecular flexibility index (Phi) is 20.3. The summed E-state index contributed by atoms with van der Waals surface area (Å²) in [5.74, 6) is -3.74. The van der Waals surface area contributed by atoms with Crippen LogP contribution in [0, 0.1) is 23.7 Å². The summed E-state index contributed by atoms with van der Waals surface area (Å²) in [6.07, 6.45) is -6.60. The van der Waals surface area contributed by atoms with Gasteiger partial charge in [0.15, 0.2) is 12.6 Å². The molecule has 0 aromatic heterocycles. The zero-order valence-corrected chi connectivity index (χ0v) is 40.3. The Morgan fingerprint density at radius 3 is 2.02 bits per heavy atom. The highest BCUT2D eigenvalue weighted by Gasteiger charge is 2.54. The molecule has 0 amide bonds. The van der Waals surface area contributed by atoms with E-state index in [0.717, 1.165) is 26.1 Å². The number of rotatable bonds is 15. The Balaban J connectivity index is 2.17. The maximum Gasteiger partial charge on any atom is 0.311 e. The number of hydrogen-bond acceptors (Lipinski definition) is 16. The molecule has 3 saturated heterocycles. The number of esters is 1. The lowest BCUT2D eigenvalue weighted by Gasteiger charge is -2.50. The summed E-state index contributed by atoms with van der Waals surface area (Å²) in [5.41, 5.74) is -3.76. The van der Waals surface area contributed by atoms with Crippen molar-refractivity contribution in [1.82, 2.24) is 9.80 Å². The van der Waals surface area contributed by atoms with Crippen molar-refractivity contribution in [3.63, 3.8) is 0 Å². The molecule has 16 heteroatoms. The first kappa shape index (κ1) is 53.8. The highest BCUT2D eigenvalue weighted by Crippen LogP contribution is 2.42. The van der Waals surface area contributed by atoms with Crippen LogP contribution in [-0.4, -0.2) is 181 Å². The van der Waals surface area contributed by atoms with Crippen LogP contribution in [0.3, 0.4) is 0 Å². The maximum atomic E-state index is 14.5. The predicted octanol–water partition coefficient (Wildman–Crippen LogP) is 4.46. The SMILES string of the molecule is CC[C@H]1OC(=O)[C@H](C)[C@@H](O[C@H]2C[C@@](C)(OC)[C@@H](OCCCN(CC)CC)[C@H](C)O2)[C@H](C)[C@@H](O[C@@H]2O[C@H](C)C[C@H](N(C)C)[C@H]2O)[C@](C)(OC)C[C@@H](C)/C(=N\O)[C@H](C)[C@@H](O)[C@]1(C)O. The van der Waals surface area contributed by atoms with Gasteiger partial charge in [-0.3, -0.25) is 4.79 Å². The van der Waals surface area contributed by atoms with Crippen molar-refractivity contribution >= 4 is 11.7 Å². The Hall–Kier alpha value is -1.54. The van der Waals surface area contributed by atoms with Gasteiger partial charge in [-0.05, 0) is 94.4 Å². The van der Waals surface area contributed by atoms with E-state index < -0.39 is 102 Å². The molecule has 16 nitrogen and oxygen atoms in total. The second-order valence-electron chi connectivity index (χ2n) is 19.0. The van der Waals surface area contributed by atoms with Crippen LogP contribution in [-0.2, 0) is 42.7 Å². The van der Waals surface area contributed by atoms with Gasteiger partial charge in [-0.2, -0.15) is 0 Å². The molecule has 0 aromatic rings. The molecule has 0 saturated carbocycles. The van der Waals surface area contributed by atoms with Crippen molar-refractivity contribution < 1.29 is 63.2 Å². The van der Waals surface area contributed by atoms with E-state index in [1.807, 2.05) is 60.5 Å². The number of cyclic esters (lactones) is 1. The van der Waals surface area contributed by atoms with Crippen molar-refractivity contribution in [2.24, 2.45) is 28.8 Å². The van der Waals surface area contributed by atoms with Crippen LogP contribution in [0.5, 0.6) is 0 Å². The molecule has 0 bridgehead atoms. The summed E-state index contributed by atoms with van der Waals surface area (Å²) in [7, 11) is 7.00. The number of ether oxygens (including phenoxy) is 8. The first-order valence-corrected chi connectivity index (χ1v) is 22.7. The Morgan fingerprint density at radius 1 is 0.869 bits per heavy atom. The molecule has 0 radical (unpaired) electrons. The second-order valence-corrected chi connectivity index (χ2v) is 19.0. The average Bonchev–Trinajstić information content (AvgIpc) is 3.21. The van der Waals surface area contributed by atoms with Crippen molar-refractivity contribution in [2.45, 2.75) is 199 Å². The predicted molar refractivity (Wildman–Crippen MR) is 231 cm³/mol. The van der Waals surface area contributed by atoms with E-state index in [2.05, 4.69) is 23.9 Å². The second kappa shape index (κ2) is 23.1. The van der Waals surface area contributed by atoms with Crippen LogP contribution < -0.4 is 0 Å². The number of likely N-dealkylation sites (N-methyl/N-ethyl adjacent to an activating group) is 1. The average molecular weight is 876 g/mol. The Morgan fingerprint density at radius 2 is 1.48 bits per heavy atom. The lowest BCUT2D eigenvalue weighted by atomic mass is 9.73. The van der Waals surface area contributed by atoms with E-state index in [4.69, 9.17) is 37.9 Å². The third-order valence-electron chi connectivity index (χ3n) is 14.2. The molecule has 0 aromatic carbocycles. The zero-order valence-electron chi connectivity index (χ0n) is 40.3. The fourth-order valence-electron chi connectivity index (χ4n) is 10.1. The first-order valence-electron chi connectivity index (χ1n) is 22.7. The molecular formula is C45H85N3O13. The van der Waals surface area contributed by atoms with Gasteiger partial charge in [0.1, 0.15) is 23.9 Å². The van der Waals surface area contributed by atoms with Crippen LogP contribution in [0.1, 0.15) is 115 Å². The van der Waals surface area contributed by atoms with E-state index in [-0.39, 0.29) is 37.1 Å². The van der Waals surface area contributed by atoms with E-state index in [9.17, 15) is 25.3 Å². The van der Waals surface area contributed by atoms with Crippen LogP contribution in [0.2, 0.25) is 0 Å². The van der Waals surface area contributed by atoms with Crippen LogP contribution in [0.15, 0.2) is 5.16 Å². The van der Waals surface area contributed by atoms with Gasteiger partial charge in [-0.25, -0.2) is 0 Å². The lowest BCUT2D eigenvalue weighted by molar-refractivity contribution is -0.322. The summed E-state index contributed by atoms with van der Waals surface area (Å²) in [4.78, 5) is 18.8. The lowest BCUT2D eigenvalue weighted by Crippen LogP contribution is -2.61. The van der Waals surface area contributed by atoms with Gasteiger partial charge in [-0.1, -0.05) is 46.7 Å². The molecule has 3 rings (SSSR count). The van der Waals surface area contributed by atoms with Gasteiger partial charge >= 0.3 is 5.97 Å². The summed E-state index contributed by atoms with van der Waals surface area (Å²) < 4.78 is 52.0. The van der Waals surface area contributed by atoms with Gasteiger partial charge in [0.25, 0.3) is 0 Å². The van der Waals surface area contributed by atoms with E-state index in [1.165, 1.54) is 6.92 Å². The van der Waals surface area contributed by atoms with Crippen molar-refractivity contribution in [1.29, 1.82) is 0 Å². The third-order valence-corrected chi connectivity index (χ3v) is 14.2. The zero-order chi connectivity index (χ0) is 46.2. The molecule has 18 atom stereocenters. The molecular weight excluding hydrogens is 791 g/mol. The minimum atomic E-state index is -1.93. The molecule has 3 aliphatic rings. The van der Waals surface area contributed by atoms with Crippen molar-refractivity contribution in [2.75, 3.05) is 54.6 Å². The molecule has 3 aliphatic heterocycles. The number of oxime groups is 1. The monoisotopic (exact) mass is 876 g/mol. The highest BCUT2D eigenvalue weighted by atomic mass is 16.7. The molecule has 3 heterocycles. The minimum Gasteiger partial charge on any atom is -0.459 e. The quantitative estimate of drug-likeness (QED) is 0.0781. The van der Waals surface area contributed by atoms with Crippen molar-refractivity contribution in [3.8, 4) is 0 Å². The van der Waals surface area contributed by atoms with Gasteiger partial charge in [0, 0.05) is 57.6 Å². The molecule has 4 N–H and O–H groups in total. The molecule has 0 unspecified atom stereocenters. The maximum absolute atomic E-state index is 14.5. The molecule has 61 heavy (non-hydrogen) atoms. The van der Waals surface area contributed by atoms with Crippen LogP contribution in [0.4, 0.5) is 0 Å². The van der Waals surface area contributed by atoms with Crippen molar-refractivity contribution in [3.05, 3.63) is 0 Å². The van der Waals surface area contributed by atoms with E-state index >= 15 is 0 Å². The summed E-state index contributed by atoms with van der Waals surface area (Å²) in [6.45, 7) is 25.7. The summed E-state index contributed by atoms with van der Waals surface area (Å²) in [5, 5.41) is 49.5. The van der Waals surface area contributed by atoms with Gasteiger partial charge in [-0.15, -0.1) is 0 Å². The number of aliphatic hydroxyl groups excluding tert-OH is 2. The molecule has 358 valence electrons. The molecule has 0 aliphatic carbocycles. The highest BCUT2D eigenvalue weighted by molar-refractivity contribution is 5.88. The molecule has 3 fully saturated rings. The fraction of sp³-hybridized carbons (Fsp3) is 0.956. The summed E-state index contributed by atoms with van der Waals surface area (Å²) >= 11 is 0. The number of hydrogen-bond donors (Lipinski definition) is 4. The number of nitrogens with zero attached hydrogens (tertiary/aromatic N) is 3. The number of carbonyl (C=O) groups is 1. The fourth-order valence-corrected chi connectivity index (χ4v) is 10.1. The van der Waals surface area contributed by atoms with Gasteiger partial charge < -0.3 is 68.2 Å². The van der Waals surface area contributed by atoms with Gasteiger partial charge in [0.05, 0.1) is 53.4 Å². The standard InChI is InChI=1S/C45H85N3O13/c1-17-33-45(12,52)38(50)28(6)35(46-53)26(4)24-43(10,54-15)39(61-42-36(49)32(47(13)14)23-27(5)57-42)29(7)37(30(8)41(51)59-33)60-34-25-44(11,55-16)40(31(9)58-34)56-22-20-21-48(18-2)19-3/h26-34,36-40,42,49-50,52-53H,17-25H2,1-16H3/b46-35+/t26-,27-,28+,29+,30-,31+,32+,33-,34+,36-,37+,38-,39-,40+,42+,43-,44-,45-/m1/s1. The van der Waals surface area contributed by atoms with E-state index in [1.54, 1.807) is 35.0 Å². The first-order chi connectivity index (χ1) is 28.5. The minimum absolute atomic E-state index is 0.179. The van der Waals surface area contributed by atoms with Crippen LogP contribution in [0.25, 0.3) is 0 Å². The Bertz CT molecular complexity index is 1370. The third kappa shape index (κ3) is 12.6. The van der Waals surface area contributed by atoms with E-state index in [0.29, 0.717) is 13.0 Å². The topological polar surface area (TPSA) is 191 Å². The smallest absolute Gasteiger partial charge is 0.311 e. The number of methoxy groups -OCH3 is 2. The number of aliphatic hydroxyl groups is 3. The summed E-state index contributed by atoms with van der Waals surface area (Å²) in [6, 6.07) is -0.276. The van der Waals surface area contributed by atoms with Gasteiger partial charge in [0.2, 0.25) is 0 Å². The van der Waals surface area contributed by atoms with Crippen LogP contribution >= 0.6 is 0 Å². The Labute approximate surface area is 366 Å². The largest absolute Gasteiger partial charge is 0.459 e.